The molecule has 2 aromatic heterocycles. The standard InChI is InChI=1S/C23H23N5S/c1-2-27-22(18-13-14-18)24-25-23(27)29-16-19-15-28(20-11-7-4-8-12-20)26-21(19)17-9-5-3-6-10-17/h3-12,15,18H,2,13-14,16H2,1H3. The van der Waals surface area contributed by atoms with Gasteiger partial charge in [-0.1, -0.05) is 60.3 Å². The van der Waals surface area contributed by atoms with E-state index in [0.29, 0.717) is 5.92 Å². The summed E-state index contributed by atoms with van der Waals surface area (Å²) in [6, 6.07) is 20.6. The zero-order valence-corrected chi connectivity index (χ0v) is 17.2. The smallest absolute Gasteiger partial charge is 0.191 e. The summed E-state index contributed by atoms with van der Waals surface area (Å²) >= 11 is 1.74. The van der Waals surface area contributed by atoms with Crippen LogP contribution in [0.2, 0.25) is 0 Å². The van der Waals surface area contributed by atoms with Gasteiger partial charge in [0.25, 0.3) is 0 Å². The summed E-state index contributed by atoms with van der Waals surface area (Å²) in [5, 5.41) is 14.9. The van der Waals surface area contributed by atoms with Gasteiger partial charge in [-0.2, -0.15) is 5.10 Å². The highest BCUT2D eigenvalue weighted by Crippen LogP contribution is 2.40. The van der Waals surface area contributed by atoms with Crippen LogP contribution in [0.3, 0.4) is 0 Å². The van der Waals surface area contributed by atoms with Crippen molar-refractivity contribution in [2.45, 2.75) is 43.1 Å². The SMILES string of the molecule is CCn1c(SCc2cn(-c3ccccc3)nc2-c2ccccc2)nnc1C1CC1. The number of thioether (sulfide) groups is 1. The lowest BCUT2D eigenvalue weighted by atomic mass is 10.1. The molecule has 5 nitrogen and oxygen atoms in total. The van der Waals surface area contributed by atoms with Crippen LogP contribution in [0, 0.1) is 0 Å². The van der Waals surface area contributed by atoms with Crippen molar-refractivity contribution >= 4 is 11.8 Å². The van der Waals surface area contributed by atoms with Crippen molar-refractivity contribution in [1.82, 2.24) is 24.5 Å². The van der Waals surface area contributed by atoms with Crippen molar-refractivity contribution in [2.75, 3.05) is 0 Å². The molecule has 1 saturated carbocycles. The maximum Gasteiger partial charge on any atom is 0.191 e. The van der Waals surface area contributed by atoms with E-state index < -0.39 is 0 Å². The normalized spacial score (nSPS) is 13.7. The molecule has 0 saturated heterocycles. The van der Waals surface area contributed by atoms with Gasteiger partial charge in [0.2, 0.25) is 0 Å². The molecule has 0 atom stereocenters. The highest BCUT2D eigenvalue weighted by atomic mass is 32.2. The van der Waals surface area contributed by atoms with Crippen molar-refractivity contribution in [2.24, 2.45) is 0 Å². The summed E-state index contributed by atoms with van der Waals surface area (Å²) < 4.78 is 4.24. The minimum Gasteiger partial charge on any atom is -0.306 e. The summed E-state index contributed by atoms with van der Waals surface area (Å²) in [5.74, 6) is 2.57. The van der Waals surface area contributed by atoms with E-state index in [4.69, 9.17) is 5.10 Å². The summed E-state index contributed by atoms with van der Waals surface area (Å²) in [7, 11) is 0. The predicted octanol–water partition coefficient (Wildman–Crippen LogP) is 5.32. The zero-order valence-electron chi connectivity index (χ0n) is 16.4. The van der Waals surface area contributed by atoms with Gasteiger partial charge in [0.15, 0.2) is 5.16 Å². The van der Waals surface area contributed by atoms with E-state index in [1.54, 1.807) is 11.8 Å². The lowest BCUT2D eigenvalue weighted by Gasteiger charge is -2.06. The van der Waals surface area contributed by atoms with Gasteiger partial charge >= 0.3 is 0 Å². The van der Waals surface area contributed by atoms with Gasteiger partial charge in [-0.05, 0) is 31.9 Å². The lowest BCUT2D eigenvalue weighted by molar-refractivity contribution is 0.643. The highest BCUT2D eigenvalue weighted by molar-refractivity contribution is 7.98. The molecular formula is C23H23N5S. The van der Waals surface area contributed by atoms with Crippen molar-refractivity contribution in [3.63, 3.8) is 0 Å². The van der Waals surface area contributed by atoms with Gasteiger partial charge in [-0.25, -0.2) is 4.68 Å². The van der Waals surface area contributed by atoms with E-state index >= 15 is 0 Å². The molecule has 6 heteroatoms. The fourth-order valence-corrected chi connectivity index (χ4v) is 4.53. The molecule has 0 unspecified atom stereocenters. The molecule has 146 valence electrons. The first-order chi connectivity index (χ1) is 14.3. The zero-order chi connectivity index (χ0) is 19.6. The Balaban J connectivity index is 1.47. The molecule has 0 radical (unpaired) electrons. The van der Waals surface area contributed by atoms with Gasteiger partial charge in [0.1, 0.15) is 5.82 Å². The Hall–Kier alpha value is -2.86. The quantitative estimate of drug-likeness (QED) is 0.393. The third-order valence-corrected chi connectivity index (χ3v) is 6.23. The van der Waals surface area contributed by atoms with E-state index in [1.807, 2.05) is 28.9 Å². The van der Waals surface area contributed by atoms with Gasteiger partial charge in [0.05, 0.1) is 11.4 Å². The van der Waals surface area contributed by atoms with Crippen LogP contribution < -0.4 is 0 Å². The van der Waals surface area contributed by atoms with E-state index in [9.17, 15) is 0 Å². The number of aromatic nitrogens is 5. The number of para-hydroxylation sites is 1. The van der Waals surface area contributed by atoms with Crippen LogP contribution in [0.5, 0.6) is 0 Å². The molecule has 4 aromatic rings. The third kappa shape index (κ3) is 3.72. The molecule has 1 fully saturated rings. The monoisotopic (exact) mass is 401 g/mol. The van der Waals surface area contributed by atoms with Crippen molar-refractivity contribution < 1.29 is 0 Å². The maximum absolute atomic E-state index is 4.91. The maximum atomic E-state index is 4.91. The first-order valence-corrected chi connectivity index (χ1v) is 11.1. The Morgan fingerprint density at radius 2 is 1.69 bits per heavy atom. The van der Waals surface area contributed by atoms with Crippen molar-refractivity contribution in [3.05, 3.63) is 78.2 Å². The van der Waals surface area contributed by atoms with Crippen LogP contribution in [0.25, 0.3) is 16.9 Å². The molecule has 0 aliphatic heterocycles. The summed E-state index contributed by atoms with van der Waals surface area (Å²) in [5.41, 5.74) is 4.41. The van der Waals surface area contributed by atoms with Gasteiger partial charge in [0, 0.05) is 35.5 Å². The van der Waals surface area contributed by atoms with Crippen molar-refractivity contribution in [1.29, 1.82) is 0 Å². The largest absolute Gasteiger partial charge is 0.306 e. The van der Waals surface area contributed by atoms with E-state index in [2.05, 4.69) is 64.3 Å². The van der Waals surface area contributed by atoms with Gasteiger partial charge < -0.3 is 4.57 Å². The molecule has 2 aromatic carbocycles. The molecule has 1 aliphatic rings. The van der Waals surface area contributed by atoms with Crippen LogP contribution >= 0.6 is 11.8 Å². The van der Waals surface area contributed by atoms with Crippen LogP contribution in [0.4, 0.5) is 0 Å². The number of hydrogen-bond acceptors (Lipinski definition) is 4. The topological polar surface area (TPSA) is 48.5 Å². The Morgan fingerprint density at radius 1 is 0.966 bits per heavy atom. The van der Waals surface area contributed by atoms with Gasteiger partial charge in [-0.3, -0.25) is 0 Å². The second-order valence-corrected chi connectivity index (χ2v) is 8.24. The van der Waals surface area contributed by atoms with Crippen LogP contribution in [0.15, 0.2) is 72.0 Å². The average Bonchev–Trinajstić information content (AvgIpc) is 3.40. The molecule has 0 bridgehead atoms. The Bertz CT molecular complexity index is 1100. The molecule has 5 rings (SSSR count). The number of benzene rings is 2. The fraction of sp³-hybridized carbons (Fsp3) is 0.261. The minimum absolute atomic E-state index is 0.609. The second kappa shape index (κ2) is 7.87. The molecule has 0 N–H and O–H groups in total. The van der Waals surface area contributed by atoms with E-state index in [-0.39, 0.29) is 0 Å². The lowest BCUT2D eigenvalue weighted by Crippen LogP contribution is -2.02. The fourth-order valence-electron chi connectivity index (χ4n) is 3.56. The molecule has 2 heterocycles. The van der Waals surface area contributed by atoms with E-state index in [0.717, 1.165) is 40.2 Å². The molecule has 0 amide bonds. The number of nitrogens with zero attached hydrogens (tertiary/aromatic N) is 5. The summed E-state index contributed by atoms with van der Waals surface area (Å²) in [6.07, 6.45) is 4.62. The van der Waals surface area contributed by atoms with Crippen LogP contribution in [-0.2, 0) is 12.3 Å². The second-order valence-electron chi connectivity index (χ2n) is 7.30. The van der Waals surface area contributed by atoms with Crippen LogP contribution in [0.1, 0.15) is 37.1 Å². The third-order valence-electron chi connectivity index (χ3n) is 5.22. The Morgan fingerprint density at radius 3 is 2.38 bits per heavy atom. The molecule has 0 spiro atoms. The number of rotatable bonds is 7. The molecular weight excluding hydrogens is 378 g/mol. The van der Waals surface area contributed by atoms with E-state index in [1.165, 1.54) is 18.4 Å². The Labute approximate surface area is 174 Å². The molecule has 29 heavy (non-hydrogen) atoms. The highest BCUT2D eigenvalue weighted by Gasteiger charge is 2.30. The van der Waals surface area contributed by atoms with Gasteiger partial charge in [-0.15, -0.1) is 10.2 Å². The van der Waals surface area contributed by atoms with Crippen molar-refractivity contribution in [3.8, 4) is 16.9 Å². The minimum atomic E-state index is 0.609. The average molecular weight is 402 g/mol. The predicted molar refractivity (Wildman–Crippen MR) is 116 cm³/mol. The first kappa shape index (κ1) is 18.2. The van der Waals surface area contributed by atoms with Crippen LogP contribution in [-0.4, -0.2) is 24.5 Å². The summed E-state index contributed by atoms with van der Waals surface area (Å²) in [6.45, 7) is 3.08. The Kier molecular flexibility index (Phi) is 4.94. The summed E-state index contributed by atoms with van der Waals surface area (Å²) in [4.78, 5) is 0. The molecule has 1 aliphatic carbocycles. The number of hydrogen-bond donors (Lipinski definition) is 0. The first-order valence-electron chi connectivity index (χ1n) is 10.1.